The maximum absolute atomic E-state index is 13.1. The van der Waals surface area contributed by atoms with Gasteiger partial charge in [-0.15, -0.1) is 0 Å². The lowest BCUT2D eigenvalue weighted by molar-refractivity contribution is -0.145. The molecule has 1 rings (SSSR count). The summed E-state index contributed by atoms with van der Waals surface area (Å²) in [5.41, 5.74) is 0.115. The van der Waals surface area contributed by atoms with E-state index in [1.807, 2.05) is 6.92 Å². The van der Waals surface area contributed by atoms with E-state index in [-0.39, 0.29) is 11.3 Å². The van der Waals surface area contributed by atoms with Crippen LogP contribution in [-0.4, -0.2) is 23.5 Å². The number of halogens is 1. The standard InChI is InChI=1S/C13H15FO4/c1-2-3-4-12(13(16)17)18-11-6-9(8-15)5-10(14)7-11/h5-8,12H,2-4H2,1H3,(H,16,17). The van der Waals surface area contributed by atoms with Crippen LogP contribution in [0.4, 0.5) is 4.39 Å². The van der Waals surface area contributed by atoms with E-state index in [1.54, 1.807) is 0 Å². The molecule has 0 radical (unpaired) electrons. The number of carboxylic acid groups (broad SMARTS) is 1. The highest BCUT2D eigenvalue weighted by molar-refractivity contribution is 5.76. The van der Waals surface area contributed by atoms with Crippen molar-refractivity contribution in [3.8, 4) is 5.75 Å². The number of aliphatic carboxylic acids is 1. The van der Waals surface area contributed by atoms with Crippen molar-refractivity contribution >= 4 is 12.3 Å². The van der Waals surface area contributed by atoms with Gasteiger partial charge in [0, 0.05) is 11.6 Å². The summed E-state index contributed by atoms with van der Waals surface area (Å²) in [6, 6.07) is 3.44. The van der Waals surface area contributed by atoms with Crippen molar-refractivity contribution in [2.75, 3.05) is 0 Å². The Morgan fingerprint density at radius 2 is 2.22 bits per heavy atom. The molecule has 18 heavy (non-hydrogen) atoms. The van der Waals surface area contributed by atoms with E-state index in [1.165, 1.54) is 6.07 Å². The Bertz CT molecular complexity index is 431. The molecule has 0 bridgehead atoms. The molecule has 0 amide bonds. The lowest BCUT2D eigenvalue weighted by Crippen LogP contribution is -2.26. The molecular formula is C13H15FO4. The third-order valence-electron chi connectivity index (χ3n) is 2.40. The zero-order chi connectivity index (χ0) is 13.5. The second kappa shape index (κ2) is 6.74. The quantitative estimate of drug-likeness (QED) is 0.760. The van der Waals surface area contributed by atoms with Gasteiger partial charge < -0.3 is 9.84 Å². The van der Waals surface area contributed by atoms with Crippen LogP contribution in [0.25, 0.3) is 0 Å². The normalized spacial score (nSPS) is 11.9. The Hall–Kier alpha value is -1.91. The van der Waals surface area contributed by atoms with Gasteiger partial charge in [0.2, 0.25) is 0 Å². The zero-order valence-electron chi connectivity index (χ0n) is 10.1. The van der Waals surface area contributed by atoms with Gasteiger partial charge >= 0.3 is 5.97 Å². The van der Waals surface area contributed by atoms with Crippen LogP contribution in [0.5, 0.6) is 5.75 Å². The maximum atomic E-state index is 13.1. The molecule has 1 atom stereocenters. The van der Waals surface area contributed by atoms with Crippen LogP contribution in [0, 0.1) is 5.82 Å². The first-order valence-electron chi connectivity index (χ1n) is 5.72. The van der Waals surface area contributed by atoms with E-state index in [4.69, 9.17) is 9.84 Å². The summed E-state index contributed by atoms with van der Waals surface area (Å²) in [6.45, 7) is 1.94. The molecule has 0 saturated carbocycles. The Balaban J connectivity index is 2.82. The molecule has 0 heterocycles. The molecule has 5 heteroatoms. The topological polar surface area (TPSA) is 63.6 Å². The summed E-state index contributed by atoms with van der Waals surface area (Å²) in [6.07, 6.45) is 1.35. The van der Waals surface area contributed by atoms with Crippen LogP contribution < -0.4 is 4.74 Å². The second-order valence-electron chi connectivity index (χ2n) is 3.93. The lowest BCUT2D eigenvalue weighted by atomic mass is 10.1. The van der Waals surface area contributed by atoms with Gasteiger partial charge in [-0.3, -0.25) is 4.79 Å². The molecule has 1 aromatic carbocycles. The van der Waals surface area contributed by atoms with Crippen molar-refractivity contribution in [2.24, 2.45) is 0 Å². The van der Waals surface area contributed by atoms with E-state index in [0.717, 1.165) is 18.6 Å². The van der Waals surface area contributed by atoms with Gasteiger partial charge in [-0.05, 0) is 25.0 Å². The van der Waals surface area contributed by atoms with Crippen molar-refractivity contribution in [2.45, 2.75) is 32.3 Å². The fourth-order valence-corrected chi connectivity index (χ4v) is 1.51. The van der Waals surface area contributed by atoms with Crippen molar-refractivity contribution in [3.05, 3.63) is 29.6 Å². The Morgan fingerprint density at radius 1 is 1.50 bits per heavy atom. The van der Waals surface area contributed by atoms with Gasteiger partial charge in [0.25, 0.3) is 0 Å². The summed E-state index contributed by atoms with van der Waals surface area (Å²) >= 11 is 0. The maximum Gasteiger partial charge on any atom is 0.344 e. The number of rotatable bonds is 7. The van der Waals surface area contributed by atoms with E-state index < -0.39 is 17.9 Å². The lowest BCUT2D eigenvalue weighted by Gasteiger charge is -2.15. The van der Waals surface area contributed by atoms with Crippen LogP contribution in [0.2, 0.25) is 0 Å². The summed E-state index contributed by atoms with van der Waals surface area (Å²) in [5.74, 6) is -1.67. The van der Waals surface area contributed by atoms with E-state index in [2.05, 4.69) is 0 Å². The van der Waals surface area contributed by atoms with Gasteiger partial charge in [-0.25, -0.2) is 9.18 Å². The minimum Gasteiger partial charge on any atom is -0.479 e. The van der Waals surface area contributed by atoms with Crippen molar-refractivity contribution < 1.29 is 23.8 Å². The molecule has 98 valence electrons. The van der Waals surface area contributed by atoms with Crippen LogP contribution in [0.1, 0.15) is 36.5 Å². The molecule has 0 aliphatic carbocycles. The van der Waals surface area contributed by atoms with Crippen LogP contribution >= 0.6 is 0 Å². The van der Waals surface area contributed by atoms with Crippen molar-refractivity contribution in [3.63, 3.8) is 0 Å². The van der Waals surface area contributed by atoms with Gasteiger partial charge in [0.1, 0.15) is 17.9 Å². The first-order valence-corrected chi connectivity index (χ1v) is 5.72. The predicted octanol–water partition coefficient (Wildman–Crippen LogP) is 2.66. The molecule has 0 aromatic heterocycles. The molecule has 0 aliphatic rings. The van der Waals surface area contributed by atoms with Gasteiger partial charge in [-0.2, -0.15) is 0 Å². The van der Waals surface area contributed by atoms with Gasteiger partial charge in [0.15, 0.2) is 6.10 Å². The molecule has 0 saturated heterocycles. The molecule has 0 aliphatic heterocycles. The van der Waals surface area contributed by atoms with Crippen LogP contribution in [0.3, 0.4) is 0 Å². The summed E-state index contributed by atoms with van der Waals surface area (Å²) < 4.78 is 18.3. The fraction of sp³-hybridized carbons (Fsp3) is 0.385. The van der Waals surface area contributed by atoms with E-state index >= 15 is 0 Å². The third-order valence-corrected chi connectivity index (χ3v) is 2.40. The van der Waals surface area contributed by atoms with Crippen LogP contribution in [0.15, 0.2) is 18.2 Å². The average Bonchev–Trinajstić information content (AvgIpc) is 2.33. The number of hydrogen-bond acceptors (Lipinski definition) is 3. The molecule has 1 N–H and O–H groups in total. The summed E-state index contributed by atoms with van der Waals surface area (Å²) in [5, 5.41) is 8.97. The second-order valence-corrected chi connectivity index (χ2v) is 3.93. The minimum absolute atomic E-state index is 0.0561. The number of carbonyl (C=O) groups is 2. The number of unbranched alkanes of at least 4 members (excludes halogenated alkanes) is 1. The molecule has 1 aromatic rings. The Kier molecular flexibility index (Phi) is 5.30. The van der Waals surface area contributed by atoms with Gasteiger partial charge in [-0.1, -0.05) is 13.3 Å². The number of benzene rings is 1. The SMILES string of the molecule is CCCCC(Oc1cc(F)cc(C=O)c1)C(=O)O. The van der Waals surface area contributed by atoms with Crippen molar-refractivity contribution in [1.29, 1.82) is 0 Å². The van der Waals surface area contributed by atoms with E-state index in [9.17, 15) is 14.0 Å². The average molecular weight is 254 g/mol. The first kappa shape index (κ1) is 14.2. The highest BCUT2D eigenvalue weighted by Gasteiger charge is 2.19. The monoisotopic (exact) mass is 254 g/mol. The molecule has 4 nitrogen and oxygen atoms in total. The predicted molar refractivity (Wildman–Crippen MR) is 63.4 cm³/mol. The number of carbonyl (C=O) groups excluding carboxylic acids is 1. The number of aldehydes is 1. The highest BCUT2D eigenvalue weighted by atomic mass is 19.1. The smallest absolute Gasteiger partial charge is 0.344 e. The summed E-state index contributed by atoms with van der Waals surface area (Å²) in [4.78, 5) is 21.5. The first-order chi connectivity index (χ1) is 8.56. The van der Waals surface area contributed by atoms with Gasteiger partial charge in [0.05, 0.1) is 0 Å². The third kappa shape index (κ3) is 4.16. The number of ether oxygens (including phenoxy) is 1. The fourth-order valence-electron chi connectivity index (χ4n) is 1.51. The molecule has 0 fully saturated rings. The molecule has 0 spiro atoms. The minimum atomic E-state index is -1.10. The largest absolute Gasteiger partial charge is 0.479 e. The number of carboxylic acids is 1. The Labute approximate surface area is 104 Å². The highest BCUT2D eigenvalue weighted by Crippen LogP contribution is 2.18. The van der Waals surface area contributed by atoms with Crippen LogP contribution in [-0.2, 0) is 4.79 Å². The summed E-state index contributed by atoms with van der Waals surface area (Å²) in [7, 11) is 0. The number of hydrogen-bond donors (Lipinski definition) is 1. The molecular weight excluding hydrogens is 239 g/mol. The van der Waals surface area contributed by atoms with Crippen molar-refractivity contribution in [1.82, 2.24) is 0 Å². The zero-order valence-corrected chi connectivity index (χ0v) is 10.1. The molecule has 1 unspecified atom stereocenters. The van der Waals surface area contributed by atoms with E-state index in [0.29, 0.717) is 19.1 Å². The Morgan fingerprint density at radius 3 is 2.78 bits per heavy atom.